The number of likely N-dealkylation sites (N-methyl/N-ethyl adjacent to an activating group) is 1. The number of halogens is 2. The summed E-state index contributed by atoms with van der Waals surface area (Å²) in [5, 5.41) is 0. The van der Waals surface area contributed by atoms with Crippen LogP contribution in [-0.2, 0) is 0 Å². The van der Waals surface area contributed by atoms with Crippen LogP contribution in [0.3, 0.4) is 0 Å². The third-order valence-corrected chi connectivity index (χ3v) is 4.40. The van der Waals surface area contributed by atoms with Gasteiger partial charge in [0.05, 0.1) is 0 Å². The van der Waals surface area contributed by atoms with Gasteiger partial charge in [-0.25, -0.2) is 0 Å². The fourth-order valence-electron chi connectivity index (χ4n) is 2.83. The fraction of sp³-hybridized carbons (Fsp3) is 0.333. The van der Waals surface area contributed by atoms with E-state index in [1.807, 2.05) is 12.1 Å². The van der Waals surface area contributed by atoms with Crippen molar-refractivity contribution in [2.75, 3.05) is 46.4 Å². The summed E-state index contributed by atoms with van der Waals surface area (Å²) in [6.45, 7) is 6.33. The van der Waals surface area contributed by atoms with Gasteiger partial charge in [-0.2, -0.15) is 0 Å². The number of hydrogen-bond acceptors (Lipinski definition) is 3. The SMILES string of the molecule is CN1CCN(CCOc2cccc(C=Cc3ccccc3)c2)CC1.Cl.Cl. The van der Waals surface area contributed by atoms with Crippen molar-refractivity contribution < 1.29 is 4.74 Å². The van der Waals surface area contributed by atoms with Crippen LogP contribution in [0, 0.1) is 0 Å². The topological polar surface area (TPSA) is 15.7 Å². The van der Waals surface area contributed by atoms with Crippen LogP contribution in [0.15, 0.2) is 54.6 Å². The first-order chi connectivity index (χ1) is 11.8. The first kappa shape index (κ1) is 22.5. The van der Waals surface area contributed by atoms with Gasteiger partial charge in [0.15, 0.2) is 0 Å². The van der Waals surface area contributed by atoms with E-state index in [0.717, 1.165) is 50.6 Å². The van der Waals surface area contributed by atoms with Gasteiger partial charge in [0.1, 0.15) is 12.4 Å². The largest absolute Gasteiger partial charge is 0.492 e. The molecule has 0 bridgehead atoms. The highest BCUT2D eigenvalue weighted by Crippen LogP contribution is 2.16. The minimum Gasteiger partial charge on any atom is -0.492 e. The van der Waals surface area contributed by atoms with Crippen molar-refractivity contribution in [3.05, 3.63) is 65.7 Å². The van der Waals surface area contributed by atoms with Crippen molar-refractivity contribution in [2.24, 2.45) is 0 Å². The van der Waals surface area contributed by atoms with Crippen molar-refractivity contribution in [3.8, 4) is 5.75 Å². The van der Waals surface area contributed by atoms with E-state index < -0.39 is 0 Å². The summed E-state index contributed by atoms with van der Waals surface area (Å²) >= 11 is 0. The minimum atomic E-state index is 0. The molecular formula is C21H28Cl2N2O. The van der Waals surface area contributed by atoms with Crippen LogP contribution in [0.5, 0.6) is 5.75 Å². The Morgan fingerprint density at radius 2 is 1.50 bits per heavy atom. The van der Waals surface area contributed by atoms with Crippen molar-refractivity contribution in [1.29, 1.82) is 0 Å². The van der Waals surface area contributed by atoms with Crippen LogP contribution in [0.1, 0.15) is 11.1 Å². The van der Waals surface area contributed by atoms with Crippen LogP contribution >= 0.6 is 24.8 Å². The Hall–Kier alpha value is -1.52. The molecule has 0 aliphatic carbocycles. The zero-order chi connectivity index (χ0) is 16.6. The van der Waals surface area contributed by atoms with E-state index >= 15 is 0 Å². The van der Waals surface area contributed by atoms with Crippen molar-refractivity contribution in [3.63, 3.8) is 0 Å². The third kappa shape index (κ3) is 7.38. The Morgan fingerprint density at radius 3 is 2.23 bits per heavy atom. The first-order valence-electron chi connectivity index (χ1n) is 8.66. The van der Waals surface area contributed by atoms with Crippen molar-refractivity contribution >= 4 is 37.0 Å². The smallest absolute Gasteiger partial charge is 0.119 e. The molecule has 1 fully saturated rings. The lowest BCUT2D eigenvalue weighted by atomic mass is 10.1. The molecule has 0 unspecified atom stereocenters. The standard InChI is InChI=1S/C21H26N2O.2ClH/c1-22-12-14-23(15-13-22)16-17-24-21-9-5-8-20(18-21)11-10-19-6-3-2-4-7-19;;/h2-11,18H,12-17H2,1H3;2*1H. The zero-order valence-electron chi connectivity index (χ0n) is 15.2. The van der Waals surface area contributed by atoms with Gasteiger partial charge in [0.2, 0.25) is 0 Å². The summed E-state index contributed by atoms with van der Waals surface area (Å²) in [4.78, 5) is 4.85. The van der Waals surface area contributed by atoms with Crippen molar-refractivity contribution in [2.45, 2.75) is 0 Å². The molecule has 2 aromatic rings. The molecule has 0 radical (unpaired) electrons. The fourth-order valence-corrected chi connectivity index (χ4v) is 2.83. The number of piperazine rings is 1. The molecule has 0 N–H and O–H groups in total. The average molecular weight is 395 g/mol. The van der Waals surface area contributed by atoms with E-state index in [9.17, 15) is 0 Å². The number of hydrogen-bond donors (Lipinski definition) is 0. The molecule has 0 atom stereocenters. The minimum absolute atomic E-state index is 0. The maximum absolute atomic E-state index is 5.94. The van der Waals surface area contributed by atoms with Gasteiger partial charge in [0, 0.05) is 32.7 Å². The third-order valence-electron chi connectivity index (χ3n) is 4.40. The van der Waals surface area contributed by atoms with Gasteiger partial charge < -0.3 is 9.64 Å². The molecule has 142 valence electrons. The lowest BCUT2D eigenvalue weighted by molar-refractivity contribution is 0.134. The Kier molecular flexibility index (Phi) is 10.4. The lowest BCUT2D eigenvalue weighted by Gasteiger charge is -2.32. The first-order valence-corrected chi connectivity index (χ1v) is 8.66. The van der Waals surface area contributed by atoms with E-state index in [-0.39, 0.29) is 24.8 Å². The molecule has 0 aromatic heterocycles. The van der Waals surface area contributed by atoms with Crippen molar-refractivity contribution in [1.82, 2.24) is 9.80 Å². The van der Waals surface area contributed by atoms with Crippen LogP contribution < -0.4 is 4.74 Å². The van der Waals surface area contributed by atoms with Crippen LogP contribution in [-0.4, -0.2) is 56.2 Å². The lowest BCUT2D eigenvalue weighted by Crippen LogP contribution is -2.45. The molecule has 5 heteroatoms. The predicted molar refractivity (Wildman–Crippen MR) is 116 cm³/mol. The summed E-state index contributed by atoms with van der Waals surface area (Å²) in [6.07, 6.45) is 4.26. The Balaban J connectivity index is 0.00000169. The van der Waals surface area contributed by atoms with Crippen LogP contribution in [0.2, 0.25) is 0 Å². The molecule has 26 heavy (non-hydrogen) atoms. The summed E-state index contributed by atoms with van der Waals surface area (Å²) in [6, 6.07) is 18.6. The molecule has 0 spiro atoms. The number of ether oxygens (including phenoxy) is 1. The normalized spacial score (nSPS) is 15.3. The number of benzene rings is 2. The molecule has 0 amide bonds. The quantitative estimate of drug-likeness (QED) is 0.678. The second-order valence-electron chi connectivity index (χ2n) is 6.31. The summed E-state index contributed by atoms with van der Waals surface area (Å²) < 4.78 is 5.94. The van der Waals surface area contributed by atoms with Gasteiger partial charge in [-0.3, -0.25) is 4.90 Å². The van der Waals surface area contributed by atoms with E-state index in [4.69, 9.17) is 4.74 Å². The van der Waals surface area contributed by atoms with Gasteiger partial charge in [0.25, 0.3) is 0 Å². The highest BCUT2D eigenvalue weighted by Gasteiger charge is 2.13. The second-order valence-corrected chi connectivity index (χ2v) is 6.31. The van der Waals surface area contributed by atoms with Gasteiger partial charge in [-0.05, 0) is 30.3 Å². The highest BCUT2D eigenvalue weighted by molar-refractivity contribution is 5.85. The second kappa shape index (κ2) is 12.0. The van der Waals surface area contributed by atoms with E-state index in [1.165, 1.54) is 5.56 Å². The molecular weight excluding hydrogens is 367 g/mol. The highest BCUT2D eigenvalue weighted by atomic mass is 35.5. The summed E-state index contributed by atoms with van der Waals surface area (Å²) in [5.74, 6) is 0.944. The molecule has 1 aliphatic rings. The molecule has 1 saturated heterocycles. The molecule has 1 heterocycles. The van der Waals surface area contributed by atoms with Crippen LogP contribution in [0.4, 0.5) is 0 Å². The van der Waals surface area contributed by atoms with Gasteiger partial charge >= 0.3 is 0 Å². The summed E-state index contributed by atoms with van der Waals surface area (Å²) in [5.41, 5.74) is 2.37. The molecule has 3 nitrogen and oxygen atoms in total. The van der Waals surface area contributed by atoms with E-state index in [0.29, 0.717) is 0 Å². The summed E-state index contributed by atoms with van der Waals surface area (Å²) in [7, 11) is 2.18. The van der Waals surface area contributed by atoms with E-state index in [1.54, 1.807) is 0 Å². The maximum atomic E-state index is 5.94. The Morgan fingerprint density at radius 1 is 0.846 bits per heavy atom. The van der Waals surface area contributed by atoms with Gasteiger partial charge in [-0.15, -0.1) is 24.8 Å². The van der Waals surface area contributed by atoms with Gasteiger partial charge in [-0.1, -0.05) is 54.6 Å². The average Bonchev–Trinajstić information content (AvgIpc) is 2.63. The molecule has 0 saturated carbocycles. The molecule has 2 aromatic carbocycles. The predicted octanol–water partition coefficient (Wildman–Crippen LogP) is 4.33. The molecule has 1 aliphatic heterocycles. The number of nitrogens with zero attached hydrogens (tertiary/aromatic N) is 2. The van der Waals surface area contributed by atoms with Crippen LogP contribution in [0.25, 0.3) is 12.2 Å². The monoisotopic (exact) mass is 394 g/mol. The molecule has 3 rings (SSSR count). The maximum Gasteiger partial charge on any atom is 0.119 e. The zero-order valence-corrected chi connectivity index (χ0v) is 16.8. The Labute approximate surface area is 169 Å². The number of rotatable bonds is 6. The van der Waals surface area contributed by atoms with E-state index in [2.05, 4.69) is 71.5 Å². The Bertz CT molecular complexity index is 656.